The molecule has 0 aliphatic carbocycles. The smallest absolute Gasteiger partial charge is 0.259 e. The summed E-state index contributed by atoms with van der Waals surface area (Å²) in [5.74, 6) is -0.265. The quantitative estimate of drug-likeness (QED) is 0.676. The Bertz CT molecular complexity index is 1010. The number of hydrogen-bond donors (Lipinski definition) is 2. The van der Waals surface area contributed by atoms with E-state index in [4.69, 9.17) is 0 Å². The van der Waals surface area contributed by atoms with E-state index in [9.17, 15) is 9.59 Å². The fourth-order valence-corrected chi connectivity index (χ4v) is 4.46. The average molecular weight is 401 g/mol. The van der Waals surface area contributed by atoms with Gasteiger partial charge in [0.1, 0.15) is 0 Å². The van der Waals surface area contributed by atoms with Crippen LogP contribution in [0.5, 0.6) is 0 Å². The minimum Gasteiger partial charge on any atom is -0.351 e. The van der Waals surface area contributed by atoms with Crippen LogP contribution in [0.15, 0.2) is 24.3 Å². The number of carbonyl (C=O) groups is 2. The molecule has 140 valence electrons. The monoisotopic (exact) mass is 400 g/mol. The summed E-state index contributed by atoms with van der Waals surface area (Å²) < 4.78 is 0. The lowest BCUT2D eigenvalue weighted by atomic mass is 10.2. The molecule has 3 aromatic rings. The van der Waals surface area contributed by atoms with Crippen molar-refractivity contribution in [1.82, 2.24) is 15.3 Å². The standard InChI is InChI=1S/C19H20N4O2S2/c1-10-5-7-15(11(2)21-10)18(25)23-19-22-17(12(3)26-19)16-8-6-14(27-16)9-20-13(4)24/h5-8H,9H2,1-4H3,(H,20,24)(H,22,23,25). The predicted molar refractivity (Wildman–Crippen MR) is 109 cm³/mol. The molecule has 3 aromatic heterocycles. The van der Waals surface area contributed by atoms with Crippen molar-refractivity contribution >= 4 is 39.6 Å². The number of carbonyl (C=O) groups excluding carboxylic acids is 2. The average Bonchev–Trinajstić information content (AvgIpc) is 3.19. The summed E-state index contributed by atoms with van der Waals surface area (Å²) >= 11 is 3.02. The molecule has 0 fully saturated rings. The summed E-state index contributed by atoms with van der Waals surface area (Å²) in [5, 5.41) is 6.22. The third-order valence-corrected chi connectivity index (χ3v) is 5.87. The predicted octanol–water partition coefficient (Wildman–Crippen LogP) is 4.08. The summed E-state index contributed by atoms with van der Waals surface area (Å²) in [5.41, 5.74) is 2.97. The van der Waals surface area contributed by atoms with E-state index in [1.54, 1.807) is 17.4 Å². The normalized spacial score (nSPS) is 10.7. The Labute approximate surface area is 165 Å². The highest BCUT2D eigenvalue weighted by molar-refractivity contribution is 7.18. The van der Waals surface area contributed by atoms with Crippen molar-refractivity contribution in [3.05, 3.63) is 51.0 Å². The van der Waals surface area contributed by atoms with Crippen LogP contribution in [-0.4, -0.2) is 21.8 Å². The van der Waals surface area contributed by atoms with E-state index in [1.807, 2.05) is 39.0 Å². The summed E-state index contributed by atoms with van der Waals surface area (Å²) in [4.78, 5) is 35.6. The molecule has 2 amide bonds. The van der Waals surface area contributed by atoms with Gasteiger partial charge in [0, 0.05) is 22.4 Å². The van der Waals surface area contributed by atoms with Crippen LogP contribution in [0.1, 0.15) is 38.4 Å². The van der Waals surface area contributed by atoms with Gasteiger partial charge >= 0.3 is 0 Å². The molecule has 0 spiro atoms. The first-order valence-corrected chi connectivity index (χ1v) is 10.0. The minimum absolute atomic E-state index is 0.0549. The Kier molecular flexibility index (Phi) is 5.67. The van der Waals surface area contributed by atoms with Crippen molar-refractivity contribution in [3.63, 3.8) is 0 Å². The molecule has 0 aliphatic heterocycles. The Morgan fingerprint density at radius 1 is 1.04 bits per heavy atom. The van der Waals surface area contributed by atoms with Gasteiger partial charge in [-0.1, -0.05) is 0 Å². The molecule has 0 aromatic carbocycles. The van der Waals surface area contributed by atoms with Crippen LogP contribution in [0.25, 0.3) is 10.6 Å². The van der Waals surface area contributed by atoms with Gasteiger partial charge in [-0.2, -0.15) is 0 Å². The molecular formula is C19H20N4O2S2. The maximum Gasteiger partial charge on any atom is 0.259 e. The molecule has 27 heavy (non-hydrogen) atoms. The van der Waals surface area contributed by atoms with Crippen LogP contribution in [0.2, 0.25) is 0 Å². The van der Waals surface area contributed by atoms with Gasteiger partial charge in [-0.05, 0) is 45.0 Å². The number of aryl methyl sites for hydroxylation is 3. The molecule has 0 bridgehead atoms. The van der Waals surface area contributed by atoms with Crippen LogP contribution >= 0.6 is 22.7 Å². The van der Waals surface area contributed by atoms with Gasteiger partial charge in [0.25, 0.3) is 5.91 Å². The van der Waals surface area contributed by atoms with Crippen LogP contribution in [-0.2, 0) is 11.3 Å². The largest absolute Gasteiger partial charge is 0.351 e. The summed E-state index contributed by atoms with van der Waals surface area (Å²) in [6.07, 6.45) is 0. The van der Waals surface area contributed by atoms with E-state index in [-0.39, 0.29) is 11.8 Å². The number of amides is 2. The highest BCUT2D eigenvalue weighted by Crippen LogP contribution is 2.34. The Morgan fingerprint density at radius 2 is 1.81 bits per heavy atom. The van der Waals surface area contributed by atoms with E-state index in [0.717, 1.165) is 26.0 Å². The highest BCUT2D eigenvalue weighted by Gasteiger charge is 2.16. The number of pyridine rings is 1. The first-order valence-electron chi connectivity index (χ1n) is 8.40. The Balaban J connectivity index is 1.76. The van der Waals surface area contributed by atoms with E-state index in [0.29, 0.717) is 22.9 Å². The number of hydrogen-bond acceptors (Lipinski definition) is 6. The van der Waals surface area contributed by atoms with Crippen molar-refractivity contribution in [1.29, 1.82) is 0 Å². The lowest BCUT2D eigenvalue weighted by molar-refractivity contribution is -0.119. The summed E-state index contributed by atoms with van der Waals surface area (Å²) in [6.45, 7) is 7.70. The first-order chi connectivity index (χ1) is 12.8. The number of aromatic nitrogens is 2. The van der Waals surface area contributed by atoms with E-state index in [2.05, 4.69) is 20.6 Å². The van der Waals surface area contributed by atoms with Gasteiger partial charge in [-0.25, -0.2) is 4.98 Å². The Morgan fingerprint density at radius 3 is 2.52 bits per heavy atom. The number of thiazole rings is 1. The minimum atomic E-state index is -0.210. The van der Waals surface area contributed by atoms with Gasteiger partial charge < -0.3 is 5.32 Å². The van der Waals surface area contributed by atoms with E-state index in [1.165, 1.54) is 18.3 Å². The van der Waals surface area contributed by atoms with E-state index >= 15 is 0 Å². The van der Waals surface area contributed by atoms with Crippen molar-refractivity contribution in [2.24, 2.45) is 0 Å². The molecule has 3 rings (SSSR count). The third kappa shape index (κ3) is 4.58. The number of nitrogens with one attached hydrogen (secondary N) is 2. The molecular weight excluding hydrogens is 380 g/mol. The molecule has 0 atom stereocenters. The van der Waals surface area contributed by atoms with Gasteiger partial charge in [-0.3, -0.25) is 19.9 Å². The molecule has 8 heteroatoms. The van der Waals surface area contributed by atoms with Gasteiger partial charge in [0.2, 0.25) is 5.91 Å². The van der Waals surface area contributed by atoms with Crippen molar-refractivity contribution < 1.29 is 9.59 Å². The molecule has 0 radical (unpaired) electrons. The number of nitrogens with zero attached hydrogens (tertiary/aromatic N) is 2. The summed E-state index contributed by atoms with van der Waals surface area (Å²) in [7, 11) is 0. The third-order valence-electron chi connectivity index (χ3n) is 3.89. The lowest BCUT2D eigenvalue weighted by Gasteiger charge is -2.05. The fourth-order valence-electron chi connectivity index (χ4n) is 2.58. The zero-order valence-electron chi connectivity index (χ0n) is 15.5. The summed E-state index contributed by atoms with van der Waals surface area (Å²) in [6, 6.07) is 7.57. The van der Waals surface area contributed by atoms with Gasteiger partial charge in [-0.15, -0.1) is 22.7 Å². The molecule has 0 unspecified atom stereocenters. The number of thiophene rings is 1. The molecule has 0 aliphatic rings. The second-order valence-electron chi connectivity index (χ2n) is 6.14. The van der Waals surface area contributed by atoms with Crippen LogP contribution < -0.4 is 10.6 Å². The van der Waals surface area contributed by atoms with Crippen molar-refractivity contribution in [2.75, 3.05) is 5.32 Å². The van der Waals surface area contributed by atoms with Crippen LogP contribution in [0.3, 0.4) is 0 Å². The molecule has 6 nitrogen and oxygen atoms in total. The Hall–Kier alpha value is -2.58. The van der Waals surface area contributed by atoms with E-state index < -0.39 is 0 Å². The van der Waals surface area contributed by atoms with Crippen LogP contribution in [0.4, 0.5) is 5.13 Å². The molecule has 0 saturated carbocycles. The van der Waals surface area contributed by atoms with Crippen molar-refractivity contribution in [2.45, 2.75) is 34.2 Å². The topological polar surface area (TPSA) is 84.0 Å². The molecule has 3 heterocycles. The van der Waals surface area contributed by atoms with Crippen LogP contribution in [0, 0.1) is 20.8 Å². The van der Waals surface area contributed by atoms with Crippen molar-refractivity contribution in [3.8, 4) is 10.6 Å². The maximum atomic E-state index is 12.5. The number of rotatable bonds is 5. The van der Waals surface area contributed by atoms with Gasteiger partial charge in [0.15, 0.2) is 5.13 Å². The second kappa shape index (κ2) is 7.98. The zero-order chi connectivity index (χ0) is 19.6. The lowest BCUT2D eigenvalue weighted by Crippen LogP contribution is -2.17. The second-order valence-corrected chi connectivity index (χ2v) is 8.51. The number of anilines is 1. The maximum absolute atomic E-state index is 12.5. The first kappa shape index (κ1) is 19.2. The molecule has 0 saturated heterocycles. The fraction of sp³-hybridized carbons (Fsp3) is 0.263. The zero-order valence-corrected chi connectivity index (χ0v) is 17.2. The highest BCUT2D eigenvalue weighted by atomic mass is 32.1. The molecule has 2 N–H and O–H groups in total. The SMILES string of the molecule is CC(=O)NCc1ccc(-c2nc(NC(=O)c3ccc(C)nc3C)sc2C)s1. The van der Waals surface area contributed by atoms with Gasteiger partial charge in [0.05, 0.1) is 28.4 Å².